The van der Waals surface area contributed by atoms with Crippen molar-refractivity contribution in [3.63, 3.8) is 0 Å². The van der Waals surface area contributed by atoms with Crippen LogP contribution in [0.1, 0.15) is 44.7 Å². The van der Waals surface area contributed by atoms with Gasteiger partial charge >= 0.3 is 0 Å². The quantitative estimate of drug-likeness (QED) is 0.872. The largest absolute Gasteiger partial charge is 0.373 e. The van der Waals surface area contributed by atoms with Crippen LogP contribution in [0.5, 0.6) is 0 Å². The Balaban J connectivity index is 2.11. The summed E-state index contributed by atoms with van der Waals surface area (Å²) in [6.45, 7) is 5.35. The van der Waals surface area contributed by atoms with Crippen molar-refractivity contribution < 1.29 is 4.74 Å². The van der Waals surface area contributed by atoms with E-state index in [1.54, 1.807) is 0 Å². The highest BCUT2D eigenvalue weighted by Crippen LogP contribution is 2.30. The van der Waals surface area contributed by atoms with Gasteiger partial charge in [0.25, 0.3) is 0 Å². The van der Waals surface area contributed by atoms with Gasteiger partial charge in [-0.25, -0.2) is 0 Å². The molecule has 0 aliphatic carbocycles. The van der Waals surface area contributed by atoms with Gasteiger partial charge in [-0.15, -0.1) is 0 Å². The Bertz CT molecular complexity index is 365. The summed E-state index contributed by atoms with van der Waals surface area (Å²) in [4.78, 5) is 0. The van der Waals surface area contributed by atoms with Crippen LogP contribution in [0.2, 0.25) is 5.02 Å². The van der Waals surface area contributed by atoms with Crippen molar-refractivity contribution in [1.82, 2.24) is 5.32 Å². The number of hydrogen-bond acceptors (Lipinski definition) is 2. The van der Waals surface area contributed by atoms with Gasteiger partial charge in [0, 0.05) is 5.02 Å². The molecule has 1 N–H and O–H groups in total. The second kappa shape index (κ2) is 6.55. The first-order valence-electron chi connectivity index (χ1n) is 6.85. The van der Waals surface area contributed by atoms with Crippen molar-refractivity contribution in [3.05, 3.63) is 34.9 Å². The molecule has 1 saturated heterocycles. The summed E-state index contributed by atoms with van der Waals surface area (Å²) in [5.41, 5.74) is 1.27. The van der Waals surface area contributed by atoms with Crippen molar-refractivity contribution in [1.29, 1.82) is 0 Å². The summed E-state index contributed by atoms with van der Waals surface area (Å²) >= 11 is 5.95. The van der Waals surface area contributed by atoms with Gasteiger partial charge in [0.2, 0.25) is 0 Å². The third kappa shape index (κ3) is 3.47. The lowest BCUT2D eigenvalue weighted by Gasteiger charge is -2.25. The Labute approximate surface area is 115 Å². The Morgan fingerprint density at radius 2 is 2.06 bits per heavy atom. The zero-order valence-corrected chi connectivity index (χ0v) is 11.9. The van der Waals surface area contributed by atoms with Gasteiger partial charge in [0.15, 0.2) is 0 Å². The highest BCUT2D eigenvalue weighted by Gasteiger charge is 2.30. The number of benzene rings is 1. The van der Waals surface area contributed by atoms with Crippen LogP contribution in [0.15, 0.2) is 24.3 Å². The lowest BCUT2D eigenvalue weighted by Crippen LogP contribution is -2.32. The van der Waals surface area contributed by atoms with E-state index in [0.29, 0.717) is 6.10 Å². The lowest BCUT2D eigenvalue weighted by molar-refractivity contribution is 0.0316. The third-order valence-corrected chi connectivity index (χ3v) is 3.73. The molecule has 1 aliphatic rings. The molecule has 0 saturated carbocycles. The van der Waals surface area contributed by atoms with Crippen LogP contribution < -0.4 is 5.32 Å². The third-order valence-electron chi connectivity index (χ3n) is 3.48. The van der Waals surface area contributed by atoms with Gasteiger partial charge < -0.3 is 10.1 Å². The van der Waals surface area contributed by atoms with Gasteiger partial charge in [0.1, 0.15) is 0 Å². The van der Waals surface area contributed by atoms with Crippen LogP contribution in [0.25, 0.3) is 0 Å². The molecule has 2 rings (SSSR count). The summed E-state index contributed by atoms with van der Waals surface area (Å²) in [5.74, 6) is 0. The minimum atomic E-state index is 0.284. The van der Waals surface area contributed by atoms with E-state index in [9.17, 15) is 0 Å². The number of hydrogen-bond donors (Lipinski definition) is 1. The zero-order chi connectivity index (χ0) is 13.0. The number of rotatable bonds is 5. The van der Waals surface area contributed by atoms with Crippen molar-refractivity contribution >= 4 is 11.6 Å². The molecule has 1 fully saturated rings. The Morgan fingerprint density at radius 3 is 2.61 bits per heavy atom. The SMILES string of the molecule is CCCNC(c1ccc(Cl)cc1)C1CCC(C)O1. The fraction of sp³-hybridized carbons (Fsp3) is 0.600. The molecule has 1 heterocycles. The van der Waals surface area contributed by atoms with Gasteiger partial charge in [-0.05, 0) is 50.4 Å². The number of halogens is 1. The highest BCUT2D eigenvalue weighted by molar-refractivity contribution is 6.30. The van der Waals surface area contributed by atoms with E-state index in [4.69, 9.17) is 16.3 Å². The maximum absolute atomic E-state index is 6.01. The van der Waals surface area contributed by atoms with E-state index in [0.717, 1.165) is 30.8 Å². The number of ether oxygens (including phenoxy) is 1. The standard InChI is InChI=1S/C15H22ClNO/c1-3-10-17-15(14-9-4-11(2)18-14)12-5-7-13(16)8-6-12/h5-8,11,14-15,17H,3-4,9-10H2,1-2H3. The summed E-state index contributed by atoms with van der Waals surface area (Å²) < 4.78 is 6.01. The van der Waals surface area contributed by atoms with Gasteiger partial charge in [-0.3, -0.25) is 0 Å². The van der Waals surface area contributed by atoms with Crippen LogP contribution in [0.4, 0.5) is 0 Å². The Morgan fingerprint density at radius 1 is 1.33 bits per heavy atom. The Hall–Kier alpha value is -0.570. The van der Waals surface area contributed by atoms with Gasteiger partial charge in [-0.1, -0.05) is 30.7 Å². The van der Waals surface area contributed by atoms with Crippen LogP contribution in [-0.2, 0) is 4.74 Å². The average molecular weight is 268 g/mol. The fourth-order valence-corrected chi connectivity index (χ4v) is 2.64. The molecule has 0 spiro atoms. The molecular formula is C15H22ClNO. The molecule has 100 valence electrons. The Kier molecular flexibility index (Phi) is 5.04. The van der Waals surface area contributed by atoms with Crippen LogP contribution in [-0.4, -0.2) is 18.8 Å². The predicted molar refractivity (Wildman–Crippen MR) is 76.1 cm³/mol. The molecule has 0 radical (unpaired) electrons. The maximum Gasteiger partial charge on any atom is 0.0774 e. The zero-order valence-electron chi connectivity index (χ0n) is 11.2. The molecule has 0 bridgehead atoms. The average Bonchev–Trinajstić information content (AvgIpc) is 2.78. The molecule has 1 aromatic rings. The molecule has 18 heavy (non-hydrogen) atoms. The molecule has 1 aromatic carbocycles. The number of nitrogens with one attached hydrogen (secondary N) is 1. The smallest absolute Gasteiger partial charge is 0.0774 e. The molecule has 3 unspecified atom stereocenters. The lowest BCUT2D eigenvalue weighted by atomic mass is 9.99. The predicted octanol–water partition coefficient (Wildman–Crippen LogP) is 3.95. The monoisotopic (exact) mass is 267 g/mol. The van der Waals surface area contributed by atoms with E-state index in [1.165, 1.54) is 5.56 Å². The van der Waals surface area contributed by atoms with Crippen molar-refractivity contribution in [2.45, 2.75) is 51.4 Å². The molecule has 2 nitrogen and oxygen atoms in total. The molecule has 3 atom stereocenters. The van der Waals surface area contributed by atoms with Crippen LogP contribution in [0, 0.1) is 0 Å². The van der Waals surface area contributed by atoms with Crippen LogP contribution in [0.3, 0.4) is 0 Å². The highest BCUT2D eigenvalue weighted by atomic mass is 35.5. The summed E-state index contributed by atoms with van der Waals surface area (Å²) in [6, 6.07) is 8.39. The van der Waals surface area contributed by atoms with Crippen molar-refractivity contribution in [2.75, 3.05) is 6.54 Å². The van der Waals surface area contributed by atoms with E-state index in [1.807, 2.05) is 12.1 Å². The van der Waals surface area contributed by atoms with E-state index in [-0.39, 0.29) is 12.1 Å². The topological polar surface area (TPSA) is 21.3 Å². The van der Waals surface area contributed by atoms with Gasteiger partial charge in [-0.2, -0.15) is 0 Å². The molecule has 3 heteroatoms. The molecular weight excluding hydrogens is 246 g/mol. The van der Waals surface area contributed by atoms with Gasteiger partial charge in [0.05, 0.1) is 18.2 Å². The maximum atomic E-state index is 6.01. The minimum absolute atomic E-state index is 0.284. The fourth-order valence-electron chi connectivity index (χ4n) is 2.51. The van der Waals surface area contributed by atoms with E-state index in [2.05, 4.69) is 31.3 Å². The van der Waals surface area contributed by atoms with E-state index < -0.39 is 0 Å². The minimum Gasteiger partial charge on any atom is -0.373 e. The molecule has 0 aromatic heterocycles. The summed E-state index contributed by atoms with van der Waals surface area (Å²) in [5, 5.41) is 4.39. The second-order valence-electron chi connectivity index (χ2n) is 5.05. The summed E-state index contributed by atoms with van der Waals surface area (Å²) in [6.07, 6.45) is 4.08. The summed E-state index contributed by atoms with van der Waals surface area (Å²) in [7, 11) is 0. The van der Waals surface area contributed by atoms with Crippen molar-refractivity contribution in [2.24, 2.45) is 0 Å². The molecule has 0 amide bonds. The normalized spacial score (nSPS) is 25.3. The first-order valence-corrected chi connectivity index (χ1v) is 7.22. The second-order valence-corrected chi connectivity index (χ2v) is 5.48. The van der Waals surface area contributed by atoms with Crippen LogP contribution >= 0.6 is 11.6 Å². The molecule has 1 aliphatic heterocycles. The first kappa shape index (κ1) is 13.9. The van der Waals surface area contributed by atoms with Crippen molar-refractivity contribution in [3.8, 4) is 0 Å². The van der Waals surface area contributed by atoms with E-state index >= 15 is 0 Å². The first-order chi connectivity index (χ1) is 8.70.